The molecule has 0 bridgehead atoms. The quantitative estimate of drug-likeness (QED) is 0.434. The summed E-state index contributed by atoms with van der Waals surface area (Å²) in [4.78, 5) is 0. The molecule has 0 spiro atoms. The lowest BCUT2D eigenvalue weighted by Gasteiger charge is -2.00. The van der Waals surface area contributed by atoms with E-state index in [-0.39, 0.29) is 21.2 Å². The van der Waals surface area contributed by atoms with E-state index in [0.29, 0.717) is 0 Å². The third kappa shape index (κ3) is 3.99. The highest BCUT2D eigenvalue weighted by Crippen LogP contribution is 2.18. The SMILES string of the molecule is c1ccc(-c2ccc([I+]c3ccc(-c4ccccc4)cc3)cc2)cc1. The smallest absolute Gasteiger partial charge is 0.0622 e. The van der Waals surface area contributed by atoms with Crippen molar-refractivity contribution >= 4 is 0 Å². The van der Waals surface area contributed by atoms with Crippen LogP contribution < -0.4 is 21.2 Å². The molecule has 0 saturated heterocycles. The van der Waals surface area contributed by atoms with E-state index in [0.717, 1.165) is 0 Å². The molecule has 0 unspecified atom stereocenters. The zero-order valence-corrected chi connectivity index (χ0v) is 15.9. The van der Waals surface area contributed by atoms with Crippen molar-refractivity contribution in [3.8, 4) is 22.3 Å². The molecule has 0 aliphatic heterocycles. The van der Waals surface area contributed by atoms with Crippen molar-refractivity contribution in [1.82, 2.24) is 0 Å². The molecule has 0 nitrogen and oxygen atoms in total. The van der Waals surface area contributed by atoms with Crippen LogP contribution >= 0.6 is 0 Å². The van der Waals surface area contributed by atoms with Gasteiger partial charge in [-0.3, -0.25) is 0 Å². The van der Waals surface area contributed by atoms with E-state index < -0.39 is 0 Å². The van der Waals surface area contributed by atoms with Crippen molar-refractivity contribution < 1.29 is 21.2 Å². The van der Waals surface area contributed by atoms with Gasteiger partial charge in [0, 0.05) is 0 Å². The molecule has 4 rings (SSSR count). The Hall–Kier alpha value is -2.39. The van der Waals surface area contributed by atoms with E-state index >= 15 is 0 Å². The lowest BCUT2D eigenvalue weighted by Crippen LogP contribution is -3.61. The summed E-state index contributed by atoms with van der Waals surface area (Å²) in [6, 6.07) is 39.2. The Kier molecular flexibility index (Phi) is 4.93. The van der Waals surface area contributed by atoms with Gasteiger partial charge in [0.05, 0.1) is 0 Å². The van der Waals surface area contributed by atoms with Gasteiger partial charge in [-0.05, 0) is 70.8 Å². The molecule has 0 radical (unpaired) electrons. The molecular formula is C24H18I+. The van der Waals surface area contributed by atoms with E-state index in [1.54, 1.807) is 0 Å². The normalized spacial score (nSPS) is 10.6. The summed E-state index contributed by atoms with van der Waals surface area (Å²) in [5.74, 6) is 0. The van der Waals surface area contributed by atoms with Crippen LogP contribution in [-0.4, -0.2) is 0 Å². The first kappa shape index (κ1) is 16.1. The van der Waals surface area contributed by atoms with E-state index in [2.05, 4.69) is 109 Å². The van der Waals surface area contributed by atoms with Gasteiger partial charge in [0.25, 0.3) is 0 Å². The molecule has 120 valence electrons. The number of hydrogen-bond donors (Lipinski definition) is 0. The number of benzene rings is 4. The summed E-state index contributed by atoms with van der Waals surface area (Å²) in [6.07, 6.45) is 0. The summed E-state index contributed by atoms with van der Waals surface area (Å²) in [5.41, 5.74) is 5.12. The summed E-state index contributed by atoms with van der Waals surface area (Å²) < 4.78 is 2.90. The summed E-state index contributed by atoms with van der Waals surface area (Å²) in [7, 11) is 0. The third-order valence-corrected chi connectivity index (χ3v) is 6.80. The maximum absolute atomic E-state index is 2.28. The standard InChI is InChI=1S/C24H18I/c1-3-7-19(8-4-1)21-11-15-23(16-12-21)25-24-17-13-22(14-18-24)20-9-5-2-6-10-20/h1-18H/q+1. The average Bonchev–Trinajstić information content (AvgIpc) is 2.71. The van der Waals surface area contributed by atoms with Gasteiger partial charge in [-0.25, -0.2) is 0 Å². The maximum Gasteiger partial charge on any atom is 0.357 e. The molecule has 0 atom stereocenters. The third-order valence-electron chi connectivity index (χ3n) is 4.12. The van der Waals surface area contributed by atoms with Crippen molar-refractivity contribution in [1.29, 1.82) is 0 Å². The molecule has 0 amide bonds. The van der Waals surface area contributed by atoms with Crippen LogP contribution in [0, 0.1) is 7.14 Å². The first-order chi connectivity index (χ1) is 12.4. The van der Waals surface area contributed by atoms with Crippen LogP contribution in [-0.2, 0) is 0 Å². The topological polar surface area (TPSA) is 0 Å². The molecular weight excluding hydrogens is 415 g/mol. The number of halogens is 1. The lowest BCUT2D eigenvalue weighted by molar-refractivity contribution is -0.597. The Labute approximate surface area is 159 Å². The van der Waals surface area contributed by atoms with Crippen molar-refractivity contribution in [2.75, 3.05) is 0 Å². The molecule has 0 aliphatic carbocycles. The van der Waals surface area contributed by atoms with Crippen LogP contribution in [0.2, 0.25) is 0 Å². The Balaban J connectivity index is 1.49. The molecule has 0 fully saturated rings. The molecule has 0 heterocycles. The Bertz CT molecular complexity index is 844. The van der Waals surface area contributed by atoms with E-state index in [9.17, 15) is 0 Å². The fourth-order valence-electron chi connectivity index (χ4n) is 2.80. The highest BCUT2D eigenvalue weighted by Gasteiger charge is 2.15. The number of rotatable bonds is 4. The van der Waals surface area contributed by atoms with Crippen molar-refractivity contribution in [2.24, 2.45) is 0 Å². The lowest BCUT2D eigenvalue weighted by atomic mass is 10.1. The van der Waals surface area contributed by atoms with Crippen LogP contribution in [0.4, 0.5) is 0 Å². The van der Waals surface area contributed by atoms with Gasteiger partial charge in [0.2, 0.25) is 0 Å². The molecule has 4 aromatic carbocycles. The van der Waals surface area contributed by atoms with Crippen LogP contribution in [0.15, 0.2) is 109 Å². The highest BCUT2D eigenvalue weighted by molar-refractivity contribution is 5.63. The zero-order valence-electron chi connectivity index (χ0n) is 13.8. The summed E-state index contributed by atoms with van der Waals surface area (Å²) in [5, 5.41) is 0. The second-order valence-corrected chi connectivity index (χ2v) is 8.87. The zero-order chi connectivity index (χ0) is 16.9. The summed E-state index contributed by atoms with van der Waals surface area (Å²) >= 11 is -0.137. The minimum Gasteiger partial charge on any atom is -0.0622 e. The van der Waals surface area contributed by atoms with Crippen molar-refractivity contribution in [2.45, 2.75) is 0 Å². The molecule has 0 aromatic heterocycles. The molecule has 0 saturated carbocycles. The molecule has 0 aliphatic rings. The second-order valence-electron chi connectivity index (χ2n) is 5.84. The molecule has 0 N–H and O–H groups in total. The fraction of sp³-hybridized carbons (Fsp3) is 0. The Morgan fingerprint density at radius 1 is 0.320 bits per heavy atom. The minimum absolute atomic E-state index is 0.137. The first-order valence-electron chi connectivity index (χ1n) is 8.34. The van der Waals surface area contributed by atoms with E-state index in [1.807, 2.05) is 0 Å². The second kappa shape index (κ2) is 7.66. The largest absolute Gasteiger partial charge is 0.357 e. The fourth-order valence-corrected chi connectivity index (χ4v) is 4.96. The van der Waals surface area contributed by atoms with Crippen LogP contribution in [0.25, 0.3) is 22.3 Å². The monoisotopic (exact) mass is 433 g/mol. The van der Waals surface area contributed by atoms with Gasteiger partial charge < -0.3 is 0 Å². The maximum atomic E-state index is 2.28. The van der Waals surface area contributed by atoms with Gasteiger partial charge in [0.1, 0.15) is 0 Å². The van der Waals surface area contributed by atoms with Gasteiger partial charge >= 0.3 is 21.2 Å². The highest BCUT2D eigenvalue weighted by atomic mass is 127. The molecule has 25 heavy (non-hydrogen) atoms. The first-order valence-corrected chi connectivity index (χ1v) is 10.5. The van der Waals surface area contributed by atoms with Crippen LogP contribution in [0.3, 0.4) is 0 Å². The van der Waals surface area contributed by atoms with Crippen molar-refractivity contribution in [3.05, 3.63) is 116 Å². The van der Waals surface area contributed by atoms with E-state index in [1.165, 1.54) is 29.4 Å². The van der Waals surface area contributed by atoms with Crippen molar-refractivity contribution in [3.63, 3.8) is 0 Å². The van der Waals surface area contributed by atoms with Gasteiger partial charge in [-0.15, -0.1) is 0 Å². The number of hydrogen-bond acceptors (Lipinski definition) is 0. The minimum atomic E-state index is -0.137. The molecule has 1 heteroatoms. The van der Waals surface area contributed by atoms with Gasteiger partial charge in [-0.1, -0.05) is 60.7 Å². The van der Waals surface area contributed by atoms with Gasteiger partial charge in [0.15, 0.2) is 7.14 Å². The van der Waals surface area contributed by atoms with Gasteiger partial charge in [-0.2, -0.15) is 0 Å². The van der Waals surface area contributed by atoms with Crippen LogP contribution in [0.1, 0.15) is 0 Å². The Morgan fingerprint density at radius 2 is 0.640 bits per heavy atom. The average molecular weight is 433 g/mol. The molecule has 4 aromatic rings. The van der Waals surface area contributed by atoms with E-state index in [4.69, 9.17) is 0 Å². The summed E-state index contributed by atoms with van der Waals surface area (Å²) in [6.45, 7) is 0. The van der Waals surface area contributed by atoms with Crippen LogP contribution in [0.5, 0.6) is 0 Å². The predicted octanol–water partition coefficient (Wildman–Crippen LogP) is 3.15. The Morgan fingerprint density at radius 3 is 1.00 bits per heavy atom. The predicted molar refractivity (Wildman–Crippen MR) is 101 cm³/mol.